The number of halogens is 2. The minimum atomic E-state index is -4.47. The molecule has 1 unspecified atom stereocenters. The second-order valence-corrected chi connectivity index (χ2v) is 13.6. The summed E-state index contributed by atoms with van der Waals surface area (Å²) in [4.78, 5) is 8.85. The molecule has 0 aliphatic heterocycles. The first-order valence-electron chi connectivity index (χ1n) is 14.9. The quantitative estimate of drug-likeness (QED) is 0.108. The van der Waals surface area contributed by atoms with Crippen molar-refractivity contribution in [2.45, 2.75) is 16.3 Å². The summed E-state index contributed by atoms with van der Waals surface area (Å²) in [5, 5.41) is 13.1. The molecule has 2 aromatic heterocycles. The fourth-order valence-electron chi connectivity index (χ4n) is 5.11. The standard InChI is InChI=1S/C35H30F2N6O5S2/c1-47-27-10-6-21(7-11-27)19-39-34-31(41-26-4-3-5-28(18-26)49(38)44)15-23-14-22(8-12-30(23)42-34)24-16-32(35(48-2)40-20-24)43-50(45,46)33-13-9-25(36)17-29(33)37/h3-18,20,41,43H,19,38H2,1-2H3,(H,39,42). The molecule has 0 amide bonds. The average molecular weight is 717 g/mol. The lowest BCUT2D eigenvalue weighted by molar-refractivity contribution is 0.400. The van der Waals surface area contributed by atoms with Crippen LogP contribution in [0.25, 0.3) is 22.0 Å². The van der Waals surface area contributed by atoms with Crippen LogP contribution >= 0.6 is 0 Å². The van der Waals surface area contributed by atoms with Gasteiger partial charge in [0.25, 0.3) is 10.0 Å². The molecule has 1 atom stereocenters. The summed E-state index contributed by atoms with van der Waals surface area (Å²) in [5.74, 6) is -0.912. The number of nitrogens with two attached hydrogens (primary N) is 1. The maximum atomic E-state index is 14.4. The number of sulfonamides is 1. The molecule has 0 saturated heterocycles. The van der Waals surface area contributed by atoms with E-state index < -0.39 is 37.5 Å². The summed E-state index contributed by atoms with van der Waals surface area (Å²) in [7, 11) is -3.23. The Morgan fingerprint density at radius 2 is 1.66 bits per heavy atom. The lowest BCUT2D eigenvalue weighted by Gasteiger charge is -2.16. The van der Waals surface area contributed by atoms with E-state index in [1.54, 1.807) is 31.4 Å². The maximum Gasteiger partial charge on any atom is 0.264 e. The number of hydrogen-bond donors (Lipinski definition) is 4. The van der Waals surface area contributed by atoms with Gasteiger partial charge >= 0.3 is 0 Å². The number of aromatic nitrogens is 2. The summed E-state index contributed by atoms with van der Waals surface area (Å²) in [6, 6.07) is 25.6. The number of rotatable bonds is 12. The third kappa shape index (κ3) is 7.64. The number of ether oxygens (including phenoxy) is 2. The van der Waals surface area contributed by atoms with Crippen LogP contribution in [0.5, 0.6) is 11.6 Å². The minimum absolute atomic E-state index is 0.0513. The Kier molecular flexibility index (Phi) is 9.90. The molecule has 0 bridgehead atoms. The number of benzene rings is 4. The van der Waals surface area contributed by atoms with Crippen molar-refractivity contribution in [3.8, 4) is 22.8 Å². The molecular formula is C35H30F2N6O5S2. The van der Waals surface area contributed by atoms with Crippen molar-refractivity contribution < 1.29 is 30.9 Å². The van der Waals surface area contributed by atoms with Gasteiger partial charge < -0.3 is 20.1 Å². The first-order chi connectivity index (χ1) is 24.0. The second-order valence-electron chi connectivity index (χ2n) is 10.9. The van der Waals surface area contributed by atoms with E-state index in [2.05, 4.69) is 20.3 Å². The predicted molar refractivity (Wildman–Crippen MR) is 189 cm³/mol. The number of methoxy groups -OCH3 is 2. The van der Waals surface area contributed by atoms with Crippen molar-refractivity contribution in [2.24, 2.45) is 5.14 Å². The Labute approximate surface area is 289 Å². The van der Waals surface area contributed by atoms with Crippen molar-refractivity contribution in [2.75, 3.05) is 29.6 Å². The van der Waals surface area contributed by atoms with Crippen LogP contribution in [0.1, 0.15) is 5.56 Å². The van der Waals surface area contributed by atoms with E-state index in [-0.39, 0.29) is 11.6 Å². The van der Waals surface area contributed by atoms with Crippen molar-refractivity contribution >= 4 is 54.8 Å². The van der Waals surface area contributed by atoms with Crippen molar-refractivity contribution in [3.05, 3.63) is 120 Å². The fraction of sp³-hybridized carbons (Fsp3) is 0.0857. The van der Waals surface area contributed by atoms with Crippen LogP contribution in [-0.2, 0) is 27.6 Å². The van der Waals surface area contributed by atoms with Crippen molar-refractivity contribution in [1.29, 1.82) is 0 Å². The molecule has 0 radical (unpaired) electrons. The van der Waals surface area contributed by atoms with E-state index >= 15 is 0 Å². The molecule has 0 aliphatic carbocycles. The van der Waals surface area contributed by atoms with E-state index in [0.717, 1.165) is 28.8 Å². The van der Waals surface area contributed by atoms with Gasteiger partial charge in [0.2, 0.25) is 5.88 Å². The second kappa shape index (κ2) is 14.5. The van der Waals surface area contributed by atoms with Gasteiger partial charge in [-0.15, -0.1) is 0 Å². The summed E-state index contributed by atoms with van der Waals surface area (Å²) in [5.41, 5.74) is 4.03. The van der Waals surface area contributed by atoms with Gasteiger partial charge in [-0.1, -0.05) is 24.3 Å². The van der Waals surface area contributed by atoms with Crippen LogP contribution in [0.15, 0.2) is 113 Å². The number of nitrogens with one attached hydrogen (secondary N) is 3. The lowest BCUT2D eigenvalue weighted by atomic mass is 10.0. The van der Waals surface area contributed by atoms with Gasteiger partial charge in [-0.3, -0.25) is 4.72 Å². The van der Waals surface area contributed by atoms with E-state index in [9.17, 15) is 21.4 Å². The molecule has 0 aliphatic rings. The Hall–Kier alpha value is -5.64. The lowest BCUT2D eigenvalue weighted by Crippen LogP contribution is -2.15. The van der Waals surface area contributed by atoms with Gasteiger partial charge in [0, 0.05) is 35.4 Å². The zero-order valence-corrected chi connectivity index (χ0v) is 28.2. The Bertz CT molecular complexity index is 2340. The highest BCUT2D eigenvalue weighted by Crippen LogP contribution is 2.34. The first kappa shape index (κ1) is 34.2. The molecule has 4 aromatic carbocycles. The molecule has 15 heteroatoms. The highest BCUT2D eigenvalue weighted by atomic mass is 32.2. The van der Waals surface area contributed by atoms with Crippen molar-refractivity contribution in [3.63, 3.8) is 0 Å². The van der Waals surface area contributed by atoms with Crippen LogP contribution in [0, 0.1) is 11.6 Å². The topological polar surface area (TPSA) is 158 Å². The Morgan fingerprint density at radius 3 is 2.38 bits per heavy atom. The number of anilines is 4. The summed E-state index contributed by atoms with van der Waals surface area (Å²) in [6.07, 6.45) is 1.51. The van der Waals surface area contributed by atoms with E-state index in [1.165, 1.54) is 19.4 Å². The number of nitrogens with zero attached hydrogens (tertiary/aromatic N) is 2. The smallest absolute Gasteiger partial charge is 0.264 e. The number of pyridine rings is 2. The van der Waals surface area contributed by atoms with E-state index in [1.807, 2.05) is 48.5 Å². The third-order valence-corrected chi connectivity index (χ3v) is 9.70. The summed E-state index contributed by atoms with van der Waals surface area (Å²) in [6.45, 7) is 0.458. The molecule has 50 heavy (non-hydrogen) atoms. The molecule has 0 fully saturated rings. The van der Waals surface area contributed by atoms with Crippen LogP contribution in [0.4, 0.5) is 31.7 Å². The van der Waals surface area contributed by atoms with Crippen LogP contribution in [-0.4, -0.2) is 36.8 Å². The van der Waals surface area contributed by atoms with Gasteiger partial charge in [0.15, 0.2) is 5.82 Å². The zero-order chi connectivity index (χ0) is 35.4. The molecule has 6 rings (SSSR count). The zero-order valence-electron chi connectivity index (χ0n) is 26.6. The largest absolute Gasteiger partial charge is 0.497 e. The molecule has 11 nitrogen and oxygen atoms in total. The van der Waals surface area contributed by atoms with Crippen molar-refractivity contribution in [1.82, 2.24) is 9.97 Å². The van der Waals surface area contributed by atoms with Crippen LogP contribution < -0.4 is 30.0 Å². The average Bonchev–Trinajstić information content (AvgIpc) is 3.10. The molecule has 0 spiro atoms. The van der Waals surface area contributed by atoms with Crippen LogP contribution in [0.2, 0.25) is 0 Å². The Balaban J connectivity index is 1.36. The number of hydrogen-bond acceptors (Lipinski definition) is 9. The molecule has 0 saturated carbocycles. The third-order valence-electron chi connectivity index (χ3n) is 7.58. The summed E-state index contributed by atoms with van der Waals surface area (Å²) < 4.78 is 78.8. The predicted octanol–water partition coefficient (Wildman–Crippen LogP) is 6.73. The van der Waals surface area contributed by atoms with Gasteiger partial charge in [0.1, 0.15) is 39.0 Å². The normalized spacial score (nSPS) is 11.9. The minimum Gasteiger partial charge on any atom is -0.497 e. The molecule has 256 valence electrons. The van der Waals surface area contributed by atoms with Gasteiger partial charge in [-0.25, -0.2) is 36.5 Å². The van der Waals surface area contributed by atoms with Gasteiger partial charge in [0.05, 0.1) is 30.3 Å². The summed E-state index contributed by atoms with van der Waals surface area (Å²) >= 11 is 0. The first-order valence-corrected chi connectivity index (χ1v) is 17.6. The van der Waals surface area contributed by atoms with Gasteiger partial charge in [-0.2, -0.15) is 0 Å². The van der Waals surface area contributed by atoms with Crippen LogP contribution in [0.3, 0.4) is 0 Å². The molecule has 2 heterocycles. The van der Waals surface area contributed by atoms with Gasteiger partial charge in [-0.05, 0) is 77.9 Å². The highest BCUT2D eigenvalue weighted by molar-refractivity contribution is 7.92. The van der Waals surface area contributed by atoms with E-state index in [4.69, 9.17) is 19.6 Å². The maximum absolute atomic E-state index is 14.4. The molecule has 6 aromatic rings. The monoisotopic (exact) mass is 716 g/mol. The Morgan fingerprint density at radius 1 is 0.860 bits per heavy atom. The SMILES string of the molecule is COc1ccc(CNc2nc3ccc(-c4cnc(OC)c(NS(=O)(=O)c5ccc(F)cc5F)c4)cc3cc2Nc2cccc(S(N)=O)c2)cc1. The highest BCUT2D eigenvalue weighted by Gasteiger charge is 2.22. The molecule has 5 N–H and O–H groups in total. The fourth-order valence-corrected chi connectivity index (χ4v) is 6.67. The van der Waals surface area contributed by atoms with E-state index in [0.29, 0.717) is 51.3 Å². The molecular weight excluding hydrogens is 687 g/mol. The number of fused-ring (bicyclic) bond motifs is 1.